The maximum absolute atomic E-state index is 11.8. The first-order valence-corrected chi connectivity index (χ1v) is 9.48. The van der Waals surface area contributed by atoms with E-state index in [-0.39, 0.29) is 5.91 Å². The van der Waals surface area contributed by atoms with Crippen molar-refractivity contribution in [1.29, 1.82) is 0 Å². The maximum Gasteiger partial charge on any atom is 0.263 e. The van der Waals surface area contributed by atoms with Crippen molar-refractivity contribution in [2.24, 2.45) is 0 Å². The zero-order valence-corrected chi connectivity index (χ0v) is 15.6. The van der Waals surface area contributed by atoms with Crippen molar-refractivity contribution < 1.29 is 9.53 Å². The fourth-order valence-electron chi connectivity index (χ4n) is 2.48. The summed E-state index contributed by atoms with van der Waals surface area (Å²) in [5.41, 5.74) is 2.23. The van der Waals surface area contributed by atoms with Crippen LogP contribution >= 0.6 is 24.0 Å². The number of carbonyl (C=O) groups is 1. The average Bonchev–Trinajstić information content (AvgIpc) is 2.92. The second-order valence-corrected chi connectivity index (χ2v) is 7.49. The van der Waals surface area contributed by atoms with Gasteiger partial charge in [-0.25, -0.2) is 0 Å². The van der Waals surface area contributed by atoms with Crippen molar-refractivity contribution in [3.8, 4) is 11.5 Å². The van der Waals surface area contributed by atoms with Gasteiger partial charge < -0.3 is 10.1 Å². The van der Waals surface area contributed by atoms with E-state index in [1.807, 2.05) is 42.5 Å². The molecule has 1 aliphatic rings. The summed E-state index contributed by atoms with van der Waals surface area (Å²) in [5, 5.41) is 2.62. The van der Waals surface area contributed by atoms with Gasteiger partial charge in [-0.1, -0.05) is 61.6 Å². The van der Waals surface area contributed by atoms with Crippen LogP contribution in [0, 0.1) is 0 Å². The van der Waals surface area contributed by atoms with Gasteiger partial charge in [-0.2, -0.15) is 0 Å². The number of hydrogen-bond acceptors (Lipinski definition) is 4. The Morgan fingerprint density at radius 1 is 1.16 bits per heavy atom. The summed E-state index contributed by atoms with van der Waals surface area (Å²) in [6.07, 6.45) is 5.31. The highest BCUT2D eigenvalue weighted by molar-refractivity contribution is 8.26. The minimum atomic E-state index is -0.149. The Hall–Kier alpha value is -2.11. The molecule has 0 unspecified atom stereocenters. The smallest absolute Gasteiger partial charge is 0.263 e. The molecule has 1 fully saturated rings. The monoisotopic (exact) mass is 369 g/mol. The summed E-state index contributed by atoms with van der Waals surface area (Å²) in [6.45, 7) is 2.20. The topological polar surface area (TPSA) is 38.3 Å². The van der Waals surface area contributed by atoms with E-state index in [1.54, 1.807) is 0 Å². The highest BCUT2D eigenvalue weighted by atomic mass is 32.2. The molecule has 25 heavy (non-hydrogen) atoms. The number of benzene rings is 2. The summed E-state index contributed by atoms with van der Waals surface area (Å²) >= 11 is 6.28. The number of carbonyl (C=O) groups excluding carboxylic acids is 1. The van der Waals surface area contributed by atoms with Crippen LogP contribution in [0.3, 0.4) is 0 Å². The Kier molecular flexibility index (Phi) is 5.89. The summed E-state index contributed by atoms with van der Waals surface area (Å²) in [7, 11) is 0. The van der Waals surface area contributed by atoms with E-state index in [2.05, 4.69) is 24.4 Å². The fraction of sp³-hybridized carbons (Fsp3) is 0.200. The molecule has 5 heteroatoms. The standard InChI is InChI=1S/C20H19NO2S2/c1-2-3-5-14-8-10-16(11-9-14)23-17-7-4-6-15(12-17)13-18-19(22)21-20(24)25-18/h4,6-13H,2-3,5H2,1H3,(H,21,22,24). The SMILES string of the molecule is CCCCc1ccc(Oc2cccc(C=C3SC(=S)NC3=O)c2)cc1. The van der Waals surface area contributed by atoms with Crippen molar-refractivity contribution in [1.82, 2.24) is 5.32 Å². The van der Waals surface area contributed by atoms with Crippen molar-refractivity contribution in [2.45, 2.75) is 26.2 Å². The van der Waals surface area contributed by atoms with Gasteiger partial charge in [-0.05, 0) is 54.3 Å². The van der Waals surface area contributed by atoms with E-state index < -0.39 is 0 Å². The highest BCUT2D eigenvalue weighted by Gasteiger charge is 2.21. The second kappa shape index (κ2) is 8.32. The Morgan fingerprint density at radius 3 is 2.64 bits per heavy atom. The van der Waals surface area contributed by atoms with Gasteiger partial charge >= 0.3 is 0 Å². The Balaban J connectivity index is 1.70. The molecule has 0 atom stereocenters. The number of unbranched alkanes of at least 4 members (excludes halogenated alkanes) is 1. The first kappa shape index (κ1) is 17.7. The van der Waals surface area contributed by atoms with E-state index in [0.717, 1.165) is 23.5 Å². The molecule has 1 N–H and O–H groups in total. The maximum atomic E-state index is 11.8. The summed E-state index contributed by atoms with van der Waals surface area (Å²) < 4.78 is 6.42. The van der Waals surface area contributed by atoms with Gasteiger partial charge in [0.25, 0.3) is 5.91 Å². The molecule has 1 aliphatic heterocycles. The van der Waals surface area contributed by atoms with Gasteiger partial charge in [0.05, 0.1) is 4.91 Å². The number of aryl methyl sites for hydroxylation is 1. The van der Waals surface area contributed by atoms with Gasteiger partial charge in [-0.3, -0.25) is 4.79 Å². The molecule has 3 nitrogen and oxygen atoms in total. The van der Waals surface area contributed by atoms with Gasteiger partial charge in [0, 0.05) is 0 Å². The first-order chi connectivity index (χ1) is 12.1. The van der Waals surface area contributed by atoms with Crippen LogP contribution in [0.15, 0.2) is 53.4 Å². The minimum Gasteiger partial charge on any atom is -0.457 e. The Bertz CT molecular complexity index is 813. The summed E-state index contributed by atoms with van der Waals surface area (Å²) in [6, 6.07) is 15.9. The molecule has 0 aliphatic carbocycles. The van der Waals surface area contributed by atoms with E-state index >= 15 is 0 Å². The lowest BCUT2D eigenvalue weighted by atomic mass is 10.1. The molecule has 0 radical (unpaired) electrons. The molecule has 1 amide bonds. The van der Waals surface area contributed by atoms with Crippen LogP contribution in [0.25, 0.3) is 6.08 Å². The summed E-state index contributed by atoms with van der Waals surface area (Å²) in [5.74, 6) is 1.39. The molecule has 1 saturated heterocycles. The number of ether oxygens (including phenoxy) is 1. The molecule has 128 valence electrons. The van der Waals surface area contributed by atoms with Crippen LogP contribution < -0.4 is 10.1 Å². The fourth-order valence-corrected chi connectivity index (χ4v) is 3.53. The highest BCUT2D eigenvalue weighted by Crippen LogP contribution is 2.28. The van der Waals surface area contributed by atoms with Crippen LogP contribution in [-0.4, -0.2) is 10.2 Å². The number of thioether (sulfide) groups is 1. The largest absolute Gasteiger partial charge is 0.457 e. The van der Waals surface area contributed by atoms with E-state index in [0.29, 0.717) is 9.23 Å². The number of rotatable bonds is 6. The lowest BCUT2D eigenvalue weighted by molar-refractivity contribution is -0.115. The van der Waals surface area contributed by atoms with Crippen LogP contribution in [0.5, 0.6) is 11.5 Å². The molecule has 3 rings (SSSR count). The van der Waals surface area contributed by atoms with E-state index in [4.69, 9.17) is 17.0 Å². The number of hydrogen-bond donors (Lipinski definition) is 1. The molecule has 2 aromatic rings. The zero-order chi connectivity index (χ0) is 17.6. The van der Waals surface area contributed by atoms with Gasteiger partial charge in [-0.15, -0.1) is 0 Å². The Labute approximate surface area is 157 Å². The van der Waals surface area contributed by atoms with Crippen LogP contribution in [-0.2, 0) is 11.2 Å². The second-order valence-electron chi connectivity index (χ2n) is 5.77. The predicted octanol–water partition coefficient (Wildman–Crippen LogP) is 5.31. The third-order valence-electron chi connectivity index (χ3n) is 3.78. The molecular formula is C20H19NO2S2. The third-order valence-corrected chi connectivity index (χ3v) is 4.94. The quantitative estimate of drug-likeness (QED) is 0.553. The van der Waals surface area contributed by atoms with Crippen molar-refractivity contribution in [3.05, 3.63) is 64.6 Å². The molecular weight excluding hydrogens is 350 g/mol. The normalized spacial score (nSPS) is 15.5. The molecule has 0 saturated carbocycles. The minimum absolute atomic E-state index is 0.149. The number of thiocarbonyl (C=S) groups is 1. The van der Waals surface area contributed by atoms with Crippen molar-refractivity contribution in [2.75, 3.05) is 0 Å². The summed E-state index contributed by atoms with van der Waals surface area (Å²) in [4.78, 5) is 12.4. The first-order valence-electron chi connectivity index (χ1n) is 8.26. The Morgan fingerprint density at radius 2 is 1.96 bits per heavy atom. The van der Waals surface area contributed by atoms with Crippen molar-refractivity contribution in [3.63, 3.8) is 0 Å². The molecule has 1 heterocycles. The molecule has 0 spiro atoms. The van der Waals surface area contributed by atoms with Crippen molar-refractivity contribution >= 4 is 40.3 Å². The third kappa shape index (κ3) is 4.94. The van der Waals surface area contributed by atoms with E-state index in [1.165, 1.54) is 30.2 Å². The molecule has 2 aromatic carbocycles. The molecule has 0 bridgehead atoms. The predicted molar refractivity (Wildman–Crippen MR) is 108 cm³/mol. The number of nitrogens with one attached hydrogen (secondary N) is 1. The van der Waals surface area contributed by atoms with Gasteiger partial charge in [0.15, 0.2) is 0 Å². The average molecular weight is 370 g/mol. The zero-order valence-electron chi connectivity index (χ0n) is 14.0. The molecule has 0 aromatic heterocycles. The van der Waals surface area contributed by atoms with Gasteiger partial charge in [0.2, 0.25) is 0 Å². The number of amides is 1. The lowest BCUT2D eigenvalue weighted by Crippen LogP contribution is -2.17. The van der Waals surface area contributed by atoms with Crippen LogP contribution in [0.2, 0.25) is 0 Å². The lowest BCUT2D eigenvalue weighted by Gasteiger charge is -2.08. The van der Waals surface area contributed by atoms with Crippen LogP contribution in [0.1, 0.15) is 30.9 Å². The van der Waals surface area contributed by atoms with Gasteiger partial charge in [0.1, 0.15) is 15.8 Å². The van der Waals surface area contributed by atoms with Crippen LogP contribution in [0.4, 0.5) is 0 Å². The van der Waals surface area contributed by atoms with E-state index in [9.17, 15) is 4.79 Å².